The van der Waals surface area contributed by atoms with E-state index in [0.29, 0.717) is 5.69 Å². The monoisotopic (exact) mass is 238 g/mol. The molecule has 0 aliphatic rings. The van der Waals surface area contributed by atoms with E-state index in [1.165, 1.54) is 12.1 Å². The van der Waals surface area contributed by atoms with Gasteiger partial charge in [-0.15, -0.1) is 0 Å². The molecule has 0 heterocycles. The van der Waals surface area contributed by atoms with Crippen LogP contribution in [0.25, 0.3) is 4.85 Å². The molecule has 1 rings (SSSR count). The predicted octanol–water partition coefficient (Wildman–Crippen LogP) is 1.74. The molecule has 86 valence electrons. The third kappa shape index (κ3) is 2.34. The van der Waals surface area contributed by atoms with Crippen molar-refractivity contribution >= 4 is 15.5 Å². The van der Waals surface area contributed by atoms with Crippen LogP contribution in [-0.4, -0.2) is 19.7 Å². The van der Waals surface area contributed by atoms with Gasteiger partial charge in [0, 0.05) is 12.6 Å². The summed E-state index contributed by atoms with van der Waals surface area (Å²) in [6, 6.07) is 5.58. The van der Waals surface area contributed by atoms with Crippen molar-refractivity contribution in [1.29, 1.82) is 0 Å². The first kappa shape index (κ1) is 12.5. The fourth-order valence-corrected chi connectivity index (χ4v) is 2.85. The quantitative estimate of drug-likeness (QED) is 0.644. The van der Waals surface area contributed by atoms with E-state index >= 15 is 0 Å². The highest BCUT2D eigenvalue weighted by atomic mass is 32.2. The Labute approximate surface area is 95.8 Å². The van der Waals surface area contributed by atoms with Gasteiger partial charge >= 0.3 is 0 Å². The molecule has 16 heavy (non-hydrogen) atoms. The predicted molar refractivity (Wildman–Crippen MR) is 63.6 cm³/mol. The number of benzene rings is 1. The number of rotatable bonds is 3. The van der Waals surface area contributed by atoms with Crippen LogP contribution in [0.4, 0.5) is 5.69 Å². The Morgan fingerprint density at radius 1 is 1.38 bits per heavy atom. The average Bonchev–Trinajstić information content (AvgIpc) is 2.27. The molecule has 1 aromatic rings. The van der Waals surface area contributed by atoms with Gasteiger partial charge in [0.1, 0.15) is 5.25 Å². The van der Waals surface area contributed by atoms with Crippen molar-refractivity contribution in [2.24, 2.45) is 0 Å². The third-order valence-electron chi connectivity index (χ3n) is 2.56. The van der Waals surface area contributed by atoms with E-state index in [1.807, 2.05) is 0 Å². The number of nitrogen functional groups attached to an aromatic ring is 1. The van der Waals surface area contributed by atoms with Crippen LogP contribution in [0.15, 0.2) is 29.2 Å². The van der Waals surface area contributed by atoms with Gasteiger partial charge < -0.3 is 10.6 Å². The SMILES string of the molecule is [C-]#[N+]C(C)C(C)S(=O)(=O)c1cccc(N)c1. The first-order chi connectivity index (χ1) is 7.39. The highest BCUT2D eigenvalue weighted by molar-refractivity contribution is 7.92. The summed E-state index contributed by atoms with van der Waals surface area (Å²) in [5, 5.41) is -0.730. The number of nitrogens with two attached hydrogens (primary N) is 1. The molecule has 5 heteroatoms. The van der Waals surface area contributed by atoms with Crippen molar-refractivity contribution in [3.8, 4) is 0 Å². The van der Waals surface area contributed by atoms with E-state index in [4.69, 9.17) is 12.3 Å². The minimum absolute atomic E-state index is 0.176. The molecule has 0 spiro atoms. The van der Waals surface area contributed by atoms with E-state index in [9.17, 15) is 8.42 Å². The standard InChI is InChI=1S/C11H14N2O2S/c1-8(13-3)9(2)16(14,15)11-6-4-5-10(12)7-11/h4-9H,12H2,1-2H3. The van der Waals surface area contributed by atoms with Gasteiger partial charge in [-0.05, 0) is 25.1 Å². The van der Waals surface area contributed by atoms with Crippen LogP contribution in [-0.2, 0) is 9.84 Å². The summed E-state index contributed by atoms with van der Waals surface area (Å²) in [4.78, 5) is 3.42. The lowest BCUT2D eigenvalue weighted by Crippen LogP contribution is -2.27. The lowest BCUT2D eigenvalue weighted by Gasteiger charge is -2.12. The van der Waals surface area contributed by atoms with Gasteiger partial charge in [-0.1, -0.05) is 6.07 Å². The molecule has 0 amide bonds. The fraction of sp³-hybridized carbons (Fsp3) is 0.364. The average molecular weight is 238 g/mol. The van der Waals surface area contributed by atoms with Crippen molar-refractivity contribution < 1.29 is 8.42 Å². The second-order valence-electron chi connectivity index (χ2n) is 3.69. The minimum Gasteiger partial charge on any atom is -0.399 e. The summed E-state index contributed by atoms with van der Waals surface area (Å²) < 4.78 is 24.2. The van der Waals surface area contributed by atoms with Gasteiger partial charge in [-0.2, -0.15) is 0 Å². The molecule has 2 unspecified atom stereocenters. The van der Waals surface area contributed by atoms with Crippen LogP contribution in [0.3, 0.4) is 0 Å². The second kappa shape index (κ2) is 4.54. The lowest BCUT2D eigenvalue weighted by molar-refractivity contribution is 0.577. The Kier molecular flexibility index (Phi) is 3.55. The Balaban J connectivity index is 3.18. The molecule has 0 aromatic heterocycles. The smallest absolute Gasteiger partial charge is 0.237 e. The largest absolute Gasteiger partial charge is 0.399 e. The maximum atomic E-state index is 12.1. The summed E-state index contributed by atoms with van der Waals surface area (Å²) in [5.41, 5.74) is 5.95. The first-order valence-electron chi connectivity index (χ1n) is 4.85. The van der Waals surface area contributed by atoms with Crippen LogP contribution in [0.5, 0.6) is 0 Å². The second-order valence-corrected chi connectivity index (χ2v) is 6.00. The summed E-state index contributed by atoms with van der Waals surface area (Å²) in [6.07, 6.45) is 0. The van der Waals surface area contributed by atoms with Crippen molar-refractivity contribution in [2.45, 2.75) is 30.0 Å². The van der Waals surface area contributed by atoms with Gasteiger partial charge in [0.25, 0.3) is 0 Å². The zero-order valence-electron chi connectivity index (χ0n) is 9.21. The van der Waals surface area contributed by atoms with Crippen LogP contribution in [0.1, 0.15) is 13.8 Å². The first-order valence-corrected chi connectivity index (χ1v) is 6.40. The zero-order valence-corrected chi connectivity index (χ0v) is 10.0. The van der Waals surface area contributed by atoms with E-state index in [0.717, 1.165) is 0 Å². The molecule has 0 saturated carbocycles. The molecule has 0 aliphatic heterocycles. The normalized spacial score (nSPS) is 15.1. The molecule has 0 fully saturated rings. The van der Waals surface area contributed by atoms with E-state index in [-0.39, 0.29) is 4.90 Å². The molecule has 0 aliphatic carbocycles. The summed E-state index contributed by atoms with van der Waals surface area (Å²) in [5.74, 6) is 0. The Morgan fingerprint density at radius 3 is 2.50 bits per heavy atom. The van der Waals surface area contributed by atoms with Crippen LogP contribution < -0.4 is 5.73 Å². The van der Waals surface area contributed by atoms with Crippen LogP contribution >= 0.6 is 0 Å². The minimum atomic E-state index is -3.47. The third-order valence-corrected chi connectivity index (χ3v) is 4.84. The Morgan fingerprint density at radius 2 is 2.00 bits per heavy atom. The highest BCUT2D eigenvalue weighted by Crippen LogP contribution is 2.21. The number of nitrogens with zero attached hydrogens (tertiary/aromatic N) is 1. The van der Waals surface area contributed by atoms with Gasteiger partial charge in [0.05, 0.1) is 4.90 Å². The molecule has 4 nitrogen and oxygen atoms in total. The molecular formula is C11H14N2O2S. The topological polar surface area (TPSA) is 64.5 Å². The summed E-state index contributed by atoms with van der Waals surface area (Å²) in [6.45, 7) is 10.0. The van der Waals surface area contributed by atoms with Gasteiger partial charge in [-0.3, -0.25) is 0 Å². The molecule has 1 aromatic carbocycles. The maximum absolute atomic E-state index is 12.1. The highest BCUT2D eigenvalue weighted by Gasteiger charge is 2.31. The molecule has 2 atom stereocenters. The van der Waals surface area contributed by atoms with Crippen LogP contribution in [0, 0.1) is 6.57 Å². The Bertz CT molecular complexity index is 517. The number of sulfone groups is 1. The van der Waals surface area contributed by atoms with Crippen molar-refractivity contribution in [3.63, 3.8) is 0 Å². The van der Waals surface area contributed by atoms with E-state index in [1.54, 1.807) is 26.0 Å². The van der Waals surface area contributed by atoms with Gasteiger partial charge in [0.15, 0.2) is 9.84 Å². The van der Waals surface area contributed by atoms with Gasteiger partial charge in [-0.25, -0.2) is 15.0 Å². The van der Waals surface area contributed by atoms with Crippen molar-refractivity contribution in [3.05, 3.63) is 35.7 Å². The van der Waals surface area contributed by atoms with E-state index in [2.05, 4.69) is 4.85 Å². The summed E-state index contributed by atoms with van der Waals surface area (Å²) in [7, 11) is -3.47. The number of hydrogen-bond acceptors (Lipinski definition) is 3. The van der Waals surface area contributed by atoms with Crippen molar-refractivity contribution in [1.82, 2.24) is 0 Å². The maximum Gasteiger partial charge on any atom is 0.237 e. The van der Waals surface area contributed by atoms with Crippen molar-refractivity contribution in [2.75, 3.05) is 5.73 Å². The summed E-state index contributed by atoms with van der Waals surface area (Å²) >= 11 is 0. The fourth-order valence-electron chi connectivity index (χ4n) is 1.27. The molecule has 0 saturated heterocycles. The zero-order chi connectivity index (χ0) is 12.3. The lowest BCUT2D eigenvalue weighted by atomic mass is 10.3. The molecule has 2 N–H and O–H groups in total. The molecule has 0 radical (unpaired) electrons. The molecule has 0 bridgehead atoms. The number of hydrogen-bond donors (Lipinski definition) is 1. The van der Waals surface area contributed by atoms with Gasteiger partial charge in [0.2, 0.25) is 6.04 Å². The number of anilines is 1. The molecular weight excluding hydrogens is 224 g/mol. The Hall–Kier alpha value is -1.54. The van der Waals surface area contributed by atoms with Crippen LogP contribution in [0.2, 0.25) is 0 Å². The van der Waals surface area contributed by atoms with E-state index < -0.39 is 21.1 Å².